The Labute approximate surface area is 691 Å². The molecule has 5 N–H and O–H groups in total. The molecule has 0 spiro atoms. The molecule has 3 saturated heterocycles. The third-order valence-electron chi connectivity index (χ3n) is 21.5. The molecule has 8 rings (SSSR count). The van der Waals surface area contributed by atoms with Crippen molar-refractivity contribution in [2.75, 3.05) is 178 Å². The molecule has 7 amide bonds. The van der Waals surface area contributed by atoms with Crippen molar-refractivity contribution in [1.82, 2.24) is 31.1 Å². The number of nitrogens with one attached hydrogen (secondary N) is 4. The molecule has 0 radical (unpaired) electrons. The lowest BCUT2D eigenvalue weighted by Crippen LogP contribution is -2.63. The number of imide groups is 1. The first-order valence-electron chi connectivity index (χ1n) is 40.5. The van der Waals surface area contributed by atoms with E-state index in [1.54, 1.807) is 45.2 Å². The second-order valence-corrected chi connectivity index (χ2v) is 31.7. The number of hydrogen-bond acceptors (Lipinski definition) is 26. The number of aliphatic hydroxyl groups is 1. The molecule has 1 saturated carbocycles. The fourth-order valence-corrected chi connectivity index (χ4v) is 16.0. The van der Waals surface area contributed by atoms with Crippen LogP contribution in [0.5, 0.6) is 11.5 Å². The number of aliphatic imine (C=N–C) groups is 1. The van der Waals surface area contributed by atoms with Gasteiger partial charge in [-0.2, -0.15) is 0 Å². The highest BCUT2D eigenvalue weighted by Crippen LogP contribution is 2.50. The summed E-state index contributed by atoms with van der Waals surface area (Å²) < 4.78 is 80.7. The molecule has 116 heavy (non-hydrogen) atoms. The molecule has 31 nitrogen and oxygen atoms in total. The molecule has 11 atom stereocenters. The van der Waals surface area contributed by atoms with Gasteiger partial charge in [0, 0.05) is 110 Å². The van der Waals surface area contributed by atoms with Gasteiger partial charge in [0.15, 0.2) is 5.72 Å². The number of hydrogen-bond donors (Lipinski definition) is 5. The number of amides is 7. The summed E-state index contributed by atoms with van der Waals surface area (Å²) in [7, 11) is 7.77. The number of thioether (sulfide) groups is 1. The van der Waals surface area contributed by atoms with E-state index in [4.69, 9.17) is 82.9 Å². The zero-order chi connectivity index (χ0) is 83.6. The SMILES string of the molecule is CNCCCOCCOCCOCCOCCOc1ccc(C2=NCC(C)=C3CCC(OC(=O)NCCCOCCOCCOCCCNC(=O)CCN4C(=O)CC(SCCC(=O)N(C)[C@@H](C)C(=O)O[C@@H]5CC(=O)N(C)c6cc(cc(OC)c6Cl)C/C(C)=C/C=C\[C@@H](OC)[C@@]6(O)C[C@H](OC(=O)N6)[C@@H](C)C6O[C@]65C)C4=O)CCCC23)cc1. The molecule has 2 aromatic rings. The van der Waals surface area contributed by atoms with E-state index in [0.717, 1.165) is 96.5 Å². The fraction of sp³-hybridized carbons (Fsp3) is 0.675. The van der Waals surface area contributed by atoms with Gasteiger partial charge in [0.25, 0.3) is 0 Å². The molecular weight excluding hydrogens is 1540 g/mol. The molecule has 6 aliphatic rings. The van der Waals surface area contributed by atoms with Crippen molar-refractivity contribution in [3.05, 3.63) is 87.5 Å². The number of carbonyl (C=O) groups excluding carboxylic acids is 8. The fourth-order valence-electron chi connectivity index (χ4n) is 14.6. The lowest BCUT2D eigenvalue weighted by atomic mass is 9.77. The predicted molar refractivity (Wildman–Crippen MR) is 435 cm³/mol. The van der Waals surface area contributed by atoms with E-state index in [2.05, 4.69) is 40.3 Å². The Kier molecular flexibility index (Phi) is 39.5. The van der Waals surface area contributed by atoms with E-state index in [-0.39, 0.29) is 60.9 Å². The van der Waals surface area contributed by atoms with Gasteiger partial charge in [0.05, 0.1) is 110 Å². The lowest BCUT2D eigenvalue weighted by Gasteiger charge is -2.42. The van der Waals surface area contributed by atoms with Crippen LogP contribution in [-0.2, 0) is 92.0 Å². The van der Waals surface area contributed by atoms with Crippen LogP contribution < -0.4 is 35.6 Å². The molecule has 2 aromatic carbocycles. The minimum Gasteiger partial charge on any atom is -0.495 e. The standard InChI is InChI=1S/C83H123ClN8O23S/c1-55-16-11-19-69(103-10)83(101)53-67(113-81(100)89-83)57(3)77-82(5,115-77)70(52-73(95)91(8)65-49-59(48-55)50-66(102-9)75(65)84)114-79(98)58(4)90(7)72(94)27-47-116-68-51-74(96)92(78(68)97)31-26-71(93)86-29-14-33-105-36-39-107-40-37-106-34-15-30-87-80(99)112-62-17-12-18-64-63(25-24-62)56(2)54-88-76(64)60-20-22-61(23-21-60)111-46-45-110-44-43-109-42-41-108-38-35-104-32-13-28-85-6/h11,16,19-23,49-50,57-58,62,64,67-70,77,85,101H,12-15,17-18,24-48,51-54H2,1-10H3,(H,86,93)(H,87,99)(H,89,100)/b19-11-,55-16+/t57-,58+,62?,64?,67+,68?,69-,70-,77?,82+,83+/m1/s1. The Balaban J connectivity index is 0.637. The van der Waals surface area contributed by atoms with Crippen molar-refractivity contribution in [1.29, 1.82) is 0 Å². The van der Waals surface area contributed by atoms with E-state index < -0.39 is 101 Å². The second kappa shape index (κ2) is 48.7. The topological polar surface area (TPSA) is 360 Å². The van der Waals surface area contributed by atoms with Crippen LogP contribution in [0.3, 0.4) is 0 Å². The van der Waals surface area contributed by atoms with Crippen molar-refractivity contribution >= 4 is 82.5 Å². The number of fused-ring (bicyclic) bond motifs is 6. The average molecular weight is 1670 g/mol. The molecular formula is C83H123ClN8O23S. The van der Waals surface area contributed by atoms with Crippen LogP contribution in [-0.4, -0.2) is 294 Å². The number of rotatable bonds is 45. The number of likely N-dealkylation sites (tertiary alicyclic amines) is 1. The Hall–Kier alpha value is -7.31. The van der Waals surface area contributed by atoms with Crippen LogP contribution in [0.15, 0.2) is 76.3 Å². The predicted octanol–water partition coefficient (Wildman–Crippen LogP) is 7.65. The van der Waals surface area contributed by atoms with Crippen LogP contribution in [0, 0.1) is 11.8 Å². The van der Waals surface area contributed by atoms with E-state index in [1.165, 1.54) is 49.1 Å². The van der Waals surface area contributed by atoms with Crippen LogP contribution in [0.4, 0.5) is 15.3 Å². The number of methoxy groups -OCH3 is 2. The molecule has 4 fully saturated rings. The number of esters is 1. The number of anilines is 1. The first kappa shape index (κ1) is 94.2. The largest absolute Gasteiger partial charge is 0.495 e. The molecule has 646 valence electrons. The number of nitrogens with zero attached hydrogens (tertiary/aromatic N) is 4. The maximum Gasteiger partial charge on any atom is 0.409 e. The zero-order valence-electron chi connectivity index (χ0n) is 69.1. The summed E-state index contributed by atoms with van der Waals surface area (Å²) in [5.74, 6) is -2.21. The molecule has 4 bridgehead atoms. The average Bonchev–Trinajstić information content (AvgIpc) is 1.57. The number of dihydropyridines is 1. The summed E-state index contributed by atoms with van der Waals surface area (Å²) in [5.41, 5.74) is 3.61. The van der Waals surface area contributed by atoms with Crippen molar-refractivity contribution in [3.8, 4) is 11.5 Å². The van der Waals surface area contributed by atoms with Crippen molar-refractivity contribution in [3.63, 3.8) is 0 Å². The number of allylic oxidation sites excluding steroid dienone is 4. The second-order valence-electron chi connectivity index (χ2n) is 30.0. The minimum atomic E-state index is -1.90. The molecule has 0 aromatic heterocycles. The van der Waals surface area contributed by atoms with Gasteiger partial charge in [-0.3, -0.25) is 39.2 Å². The van der Waals surface area contributed by atoms with Gasteiger partial charge in [-0.25, -0.2) is 14.4 Å². The lowest BCUT2D eigenvalue weighted by molar-refractivity contribution is -0.162. The van der Waals surface area contributed by atoms with Crippen molar-refractivity contribution in [2.24, 2.45) is 16.8 Å². The summed E-state index contributed by atoms with van der Waals surface area (Å²) in [6.45, 7) is 18.2. The van der Waals surface area contributed by atoms with E-state index in [1.807, 2.05) is 32.2 Å². The molecule has 4 unspecified atom stereocenters. The minimum absolute atomic E-state index is 0.0953. The third-order valence-corrected chi connectivity index (χ3v) is 23.1. The normalized spacial score (nSPS) is 24.8. The molecule has 1 aliphatic carbocycles. The van der Waals surface area contributed by atoms with Gasteiger partial charge in [0.2, 0.25) is 29.5 Å². The smallest absolute Gasteiger partial charge is 0.409 e. The van der Waals surface area contributed by atoms with Gasteiger partial charge >= 0.3 is 18.2 Å². The summed E-state index contributed by atoms with van der Waals surface area (Å²) in [6, 6.07) is 10.5. The number of ether oxygens (including phenoxy) is 14. The van der Waals surface area contributed by atoms with E-state index >= 15 is 0 Å². The number of carbonyl (C=O) groups is 8. The summed E-state index contributed by atoms with van der Waals surface area (Å²) in [4.78, 5) is 116. The first-order valence-corrected chi connectivity index (χ1v) is 42.0. The molecule has 5 heterocycles. The highest BCUT2D eigenvalue weighted by atomic mass is 35.5. The quantitative estimate of drug-likeness (QED) is 0.0106. The van der Waals surface area contributed by atoms with Crippen LogP contribution >= 0.6 is 23.4 Å². The Morgan fingerprint density at radius 2 is 1.43 bits per heavy atom. The maximum absolute atomic E-state index is 14.5. The number of alkyl carbamates (subject to hydrolysis) is 2. The van der Waals surface area contributed by atoms with Gasteiger partial charge in [-0.1, -0.05) is 53.5 Å². The van der Waals surface area contributed by atoms with Crippen LogP contribution in [0.2, 0.25) is 5.02 Å². The van der Waals surface area contributed by atoms with Crippen LogP contribution in [0.25, 0.3) is 0 Å². The summed E-state index contributed by atoms with van der Waals surface area (Å²) in [5, 5.41) is 22.6. The van der Waals surface area contributed by atoms with Gasteiger partial charge in [-0.15, -0.1) is 11.8 Å². The Morgan fingerprint density at radius 1 is 0.802 bits per heavy atom. The third kappa shape index (κ3) is 29.0. The van der Waals surface area contributed by atoms with E-state index in [0.29, 0.717) is 143 Å². The monoisotopic (exact) mass is 1670 g/mol. The zero-order valence-corrected chi connectivity index (χ0v) is 70.7. The molecule has 33 heteroatoms. The Morgan fingerprint density at radius 3 is 2.07 bits per heavy atom. The number of benzene rings is 2. The van der Waals surface area contributed by atoms with E-state index in [9.17, 15) is 43.5 Å². The van der Waals surface area contributed by atoms with Crippen molar-refractivity contribution < 1.29 is 110 Å². The van der Waals surface area contributed by atoms with Crippen LogP contribution in [0.1, 0.15) is 129 Å². The summed E-state index contributed by atoms with van der Waals surface area (Å²) >= 11 is 7.98. The van der Waals surface area contributed by atoms with Gasteiger partial charge in [-0.05, 0) is 147 Å². The number of epoxide rings is 1. The van der Waals surface area contributed by atoms with Gasteiger partial charge in [0.1, 0.15) is 59.2 Å². The molecule has 5 aliphatic heterocycles. The van der Waals surface area contributed by atoms with Crippen molar-refractivity contribution in [2.45, 2.75) is 178 Å². The maximum atomic E-state index is 14.5. The Bertz CT molecular complexity index is 3670. The highest BCUT2D eigenvalue weighted by Gasteiger charge is 2.65. The number of likely N-dealkylation sites (N-methyl/N-ethyl adjacent to an activating group) is 1. The number of halogens is 1. The summed E-state index contributed by atoms with van der Waals surface area (Å²) in [6.07, 6.45) is 5.62. The highest BCUT2D eigenvalue weighted by molar-refractivity contribution is 8.00. The van der Waals surface area contributed by atoms with Gasteiger partial charge < -0.3 is 97.2 Å². The first-order chi connectivity index (χ1) is 55.9.